The predicted molar refractivity (Wildman–Crippen MR) is 114 cm³/mol. The minimum atomic E-state index is -0.307. The average molecular weight is 392 g/mol. The number of ether oxygens (including phenoxy) is 1. The molecule has 0 unspecified atom stereocenters. The van der Waals surface area contributed by atoms with E-state index in [-0.39, 0.29) is 24.3 Å². The van der Waals surface area contributed by atoms with Crippen molar-refractivity contribution in [1.29, 1.82) is 0 Å². The van der Waals surface area contributed by atoms with Crippen molar-refractivity contribution in [2.75, 3.05) is 19.0 Å². The lowest BCUT2D eigenvalue weighted by Gasteiger charge is -2.20. The summed E-state index contributed by atoms with van der Waals surface area (Å²) in [4.78, 5) is 12.5. The van der Waals surface area contributed by atoms with E-state index < -0.39 is 0 Å². The molecule has 3 aromatic rings. The molecule has 2 N–H and O–H groups in total. The fourth-order valence-electron chi connectivity index (χ4n) is 3.20. The van der Waals surface area contributed by atoms with Gasteiger partial charge in [-0.3, -0.25) is 10.1 Å². The maximum atomic E-state index is 13.8. The summed E-state index contributed by atoms with van der Waals surface area (Å²) in [6.07, 6.45) is 0.944. The Labute approximate surface area is 170 Å². The van der Waals surface area contributed by atoms with E-state index in [1.165, 1.54) is 17.7 Å². The fourth-order valence-corrected chi connectivity index (χ4v) is 3.20. The van der Waals surface area contributed by atoms with Gasteiger partial charge >= 0.3 is 0 Å². The number of hydrogen-bond donors (Lipinski definition) is 2. The topological polar surface area (TPSA) is 50.4 Å². The molecule has 3 rings (SSSR count). The van der Waals surface area contributed by atoms with Crippen LogP contribution < -0.4 is 15.4 Å². The normalized spacial score (nSPS) is 11.7. The van der Waals surface area contributed by atoms with Crippen LogP contribution in [-0.2, 0) is 11.2 Å². The third-order valence-corrected chi connectivity index (χ3v) is 4.75. The SMILES string of the molecule is CCc1ccc([C@@H](NCC(=O)Nc2ccccc2OC)c2cccc(F)c2)cc1. The molecule has 5 heteroatoms. The highest BCUT2D eigenvalue weighted by Gasteiger charge is 2.16. The highest BCUT2D eigenvalue weighted by atomic mass is 19.1. The van der Waals surface area contributed by atoms with Gasteiger partial charge in [-0.1, -0.05) is 55.5 Å². The van der Waals surface area contributed by atoms with Crippen LogP contribution in [0.4, 0.5) is 10.1 Å². The van der Waals surface area contributed by atoms with Gasteiger partial charge in [-0.25, -0.2) is 4.39 Å². The molecule has 1 atom stereocenters. The van der Waals surface area contributed by atoms with Crippen molar-refractivity contribution in [2.24, 2.45) is 0 Å². The molecule has 1 amide bonds. The summed E-state index contributed by atoms with van der Waals surface area (Å²) in [7, 11) is 1.56. The van der Waals surface area contributed by atoms with Crippen LogP contribution in [0.3, 0.4) is 0 Å². The molecule has 0 aliphatic heterocycles. The van der Waals surface area contributed by atoms with Gasteiger partial charge in [0.05, 0.1) is 25.4 Å². The Morgan fingerprint density at radius 1 is 1.00 bits per heavy atom. The summed E-state index contributed by atoms with van der Waals surface area (Å²) in [6.45, 7) is 2.16. The molecule has 0 aromatic heterocycles. The van der Waals surface area contributed by atoms with E-state index in [0.29, 0.717) is 11.4 Å². The third kappa shape index (κ3) is 5.42. The summed E-state index contributed by atoms with van der Waals surface area (Å²) in [5, 5.41) is 6.10. The second kappa shape index (κ2) is 9.85. The van der Waals surface area contributed by atoms with Crippen molar-refractivity contribution in [1.82, 2.24) is 5.32 Å². The number of nitrogens with one attached hydrogen (secondary N) is 2. The van der Waals surface area contributed by atoms with Crippen LogP contribution >= 0.6 is 0 Å². The van der Waals surface area contributed by atoms with Gasteiger partial charge in [0.2, 0.25) is 5.91 Å². The Hall–Kier alpha value is -3.18. The molecule has 0 heterocycles. The first kappa shape index (κ1) is 20.6. The van der Waals surface area contributed by atoms with Crippen LogP contribution in [0.1, 0.15) is 29.7 Å². The van der Waals surface area contributed by atoms with E-state index in [2.05, 4.69) is 29.7 Å². The average Bonchev–Trinajstić information content (AvgIpc) is 2.75. The summed E-state index contributed by atoms with van der Waals surface area (Å²) < 4.78 is 19.1. The molecule has 0 radical (unpaired) electrons. The van der Waals surface area contributed by atoms with Crippen molar-refractivity contribution in [3.63, 3.8) is 0 Å². The summed E-state index contributed by atoms with van der Waals surface area (Å²) in [5.41, 5.74) is 3.56. The number of halogens is 1. The minimum Gasteiger partial charge on any atom is -0.495 e. The van der Waals surface area contributed by atoms with Crippen LogP contribution in [0.2, 0.25) is 0 Å². The highest BCUT2D eigenvalue weighted by Crippen LogP contribution is 2.25. The lowest BCUT2D eigenvalue weighted by molar-refractivity contribution is -0.115. The van der Waals surface area contributed by atoms with Crippen molar-refractivity contribution in [2.45, 2.75) is 19.4 Å². The van der Waals surface area contributed by atoms with Crippen LogP contribution in [0, 0.1) is 5.82 Å². The van der Waals surface area contributed by atoms with E-state index in [0.717, 1.165) is 17.5 Å². The van der Waals surface area contributed by atoms with Gasteiger partial charge in [0.15, 0.2) is 0 Å². The van der Waals surface area contributed by atoms with Crippen molar-refractivity contribution in [3.05, 3.63) is 95.3 Å². The fraction of sp³-hybridized carbons (Fsp3) is 0.208. The molecule has 0 bridgehead atoms. The molecule has 0 aliphatic carbocycles. The number of anilines is 1. The van der Waals surface area contributed by atoms with Gasteiger partial charge in [0.25, 0.3) is 0 Å². The maximum Gasteiger partial charge on any atom is 0.238 e. The smallest absolute Gasteiger partial charge is 0.238 e. The maximum absolute atomic E-state index is 13.8. The molecule has 29 heavy (non-hydrogen) atoms. The molecule has 0 aliphatic rings. The zero-order valence-corrected chi connectivity index (χ0v) is 16.6. The van der Waals surface area contributed by atoms with Crippen molar-refractivity contribution in [3.8, 4) is 5.75 Å². The standard InChI is InChI=1S/C24H25FN2O2/c1-3-17-11-13-18(14-12-17)24(19-7-6-8-20(25)15-19)26-16-23(28)27-21-9-4-5-10-22(21)29-2/h4-15,24,26H,3,16H2,1-2H3,(H,27,28)/t24-/m1/s1. The number of aryl methyl sites for hydroxylation is 1. The molecule has 150 valence electrons. The number of methoxy groups -OCH3 is 1. The van der Waals surface area contributed by atoms with Gasteiger partial charge in [-0.15, -0.1) is 0 Å². The van der Waals surface area contributed by atoms with Crippen LogP contribution in [0.25, 0.3) is 0 Å². The molecule has 0 spiro atoms. The number of benzene rings is 3. The van der Waals surface area contributed by atoms with E-state index in [9.17, 15) is 9.18 Å². The van der Waals surface area contributed by atoms with Gasteiger partial charge in [0, 0.05) is 0 Å². The number of carbonyl (C=O) groups excluding carboxylic acids is 1. The number of carbonyl (C=O) groups is 1. The molecular formula is C24H25FN2O2. The van der Waals surface area contributed by atoms with Crippen molar-refractivity contribution >= 4 is 11.6 Å². The van der Waals surface area contributed by atoms with Gasteiger partial charge in [-0.05, 0) is 47.4 Å². The molecule has 0 saturated heterocycles. The third-order valence-electron chi connectivity index (χ3n) is 4.75. The first-order chi connectivity index (χ1) is 14.1. The van der Waals surface area contributed by atoms with E-state index in [4.69, 9.17) is 4.74 Å². The van der Waals surface area contributed by atoms with Gasteiger partial charge < -0.3 is 10.1 Å². The minimum absolute atomic E-state index is 0.0642. The number of rotatable bonds is 8. The molecule has 4 nitrogen and oxygen atoms in total. The summed E-state index contributed by atoms with van der Waals surface area (Å²) in [6, 6.07) is 21.5. The lowest BCUT2D eigenvalue weighted by atomic mass is 9.97. The highest BCUT2D eigenvalue weighted by molar-refractivity contribution is 5.93. The monoisotopic (exact) mass is 392 g/mol. The Morgan fingerprint density at radius 2 is 1.76 bits per heavy atom. The second-order valence-corrected chi connectivity index (χ2v) is 6.71. The summed E-state index contributed by atoms with van der Waals surface area (Å²) >= 11 is 0. The molecule has 0 fully saturated rings. The molecule has 0 saturated carbocycles. The Bertz CT molecular complexity index is 957. The largest absolute Gasteiger partial charge is 0.495 e. The van der Waals surface area contributed by atoms with Crippen LogP contribution in [-0.4, -0.2) is 19.6 Å². The zero-order chi connectivity index (χ0) is 20.6. The van der Waals surface area contributed by atoms with Crippen LogP contribution in [0.5, 0.6) is 5.75 Å². The predicted octanol–water partition coefficient (Wildman–Crippen LogP) is 4.71. The quantitative estimate of drug-likeness (QED) is 0.583. The van der Waals surface area contributed by atoms with E-state index in [1.54, 1.807) is 25.3 Å². The first-order valence-electron chi connectivity index (χ1n) is 9.61. The number of para-hydroxylation sites is 2. The second-order valence-electron chi connectivity index (χ2n) is 6.71. The van der Waals surface area contributed by atoms with Gasteiger partial charge in [0.1, 0.15) is 11.6 Å². The zero-order valence-electron chi connectivity index (χ0n) is 16.6. The van der Waals surface area contributed by atoms with Crippen LogP contribution in [0.15, 0.2) is 72.8 Å². The van der Waals surface area contributed by atoms with Crippen molar-refractivity contribution < 1.29 is 13.9 Å². The Balaban J connectivity index is 1.76. The van der Waals surface area contributed by atoms with E-state index in [1.807, 2.05) is 30.3 Å². The van der Waals surface area contributed by atoms with Gasteiger partial charge in [-0.2, -0.15) is 0 Å². The molecular weight excluding hydrogens is 367 g/mol. The number of amides is 1. The lowest BCUT2D eigenvalue weighted by Crippen LogP contribution is -2.32. The Kier molecular flexibility index (Phi) is 6.98. The van der Waals surface area contributed by atoms with E-state index >= 15 is 0 Å². The Morgan fingerprint density at radius 3 is 2.45 bits per heavy atom. The summed E-state index contributed by atoms with van der Waals surface area (Å²) in [5.74, 6) is 0.0803. The molecule has 3 aromatic carbocycles. The first-order valence-corrected chi connectivity index (χ1v) is 9.61. The number of hydrogen-bond acceptors (Lipinski definition) is 3.